The van der Waals surface area contributed by atoms with E-state index >= 15 is 0 Å². The minimum absolute atomic E-state index is 0.00372. The minimum atomic E-state index is -0.375. The fourth-order valence-corrected chi connectivity index (χ4v) is 3.24. The first-order valence-corrected chi connectivity index (χ1v) is 8.79. The topological polar surface area (TPSA) is 40.6 Å². The second-order valence-corrected chi connectivity index (χ2v) is 6.87. The molecule has 2 aromatic rings. The number of nitrogens with zero attached hydrogens (tertiary/aromatic N) is 2. The van der Waals surface area contributed by atoms with Crippen LogP contribution in [0.15, 0.2) is 36.4 Å². The molecule has 0 atom stereocenters. The SMILES string of the molecule is Cc1ccc(C(=O)N2CCN(C(=O)c3ccc(C)c(F)c3)CC2)c(C)c1. The Bertz CT molecular complexity index is 855. The van der Waals surface area contributed by atoms with Gasteiger partial charge in [-0.05, 0) is 50.1 Å². The number of hydrogen-bond donors (Lipinski definition) is 0. The molecule has 0 saturated carbocycles. The summed E-state index contributed by atoms with van der Waals surface area (Å²) in [6, 6.07) is 10.3. The normalized spacial score (nSPS) is 14.5. The van der Waals surface area contributed by atoms with Crippen LogP contribution in [0, 0.1) is 26.6 Å². The summed E-state index contributed by atoms with van der Waals surface area (Å²) in [6.45, 7) is 7.46. The summed E-state index contributed by atoms with van der Waals surface area (Å²) >= 11 is 0. The van der Waals surface area contributed by atoms with E-state index in [1.807, 2.05) is 32.0 Å². The van der Waals surface area contributed by atoms with Crippen LogP contribution in [0.4, 0.5) is 4.39 Å². The van der Waals surface area contributed by atoms with E-state index < -0.39 is 0 Å². The molecular weight excluding hydrogens is 331 g/mol. The van der Waals surface area contributed by atoms with E-state index in [2.05, 4.69) is 0 Å². The van der Waals surface area contributed by atoms with Crippen LogP contribution < -0.4 is 0 Å². The predicted molar refractivity (Wildman–Crippen MR) is 98.9 cm³/mol. The Hall–Kier alpha value is -2.69. The van der Waals surface area contributed by atoms with Gasteiger partial charge >= 0.3 is 0 Å². The molecule has 0 spiro atoms. The zero-order valence-corrected chi connectivity index (χ0v) is 15.4. The standard InChI is InChI=1S/C21H23FN2O2/c1-14-4-7-18(16(3)12-14)21(26)24-10-8-23(9-11-24)20(25)17-6-5-15(2)19(22)13-17/h4-7,12-13H,8-11H2,1-3H3. The van der Waals surface area contributed by atoms with Gasteiger partial charge in [-0.2, -0.15) is 0 Å². The van der Waals surface area contributed by atoms with E-state index in [0.29, 0.717) is 42.9 Å². The summed E-state index contributed by atoms with van der Waals surface area (Å²) in [5.41, 5.74) is 3.66. The van der Waals surface area contributed by atoms with E-state index in [-0.39, 0.29) is 17.6 Å². The van der Waals surface area contributed by atoms with Crippen molar-refractivity contribution in [3.63, 3.8) is 0 Å². The number of aryl methyl sites for hydroxylation is 3. The lowest BCUT2D eigenvalue weighted by Crippen LogP contribution is -2.50. The van der Waals surface area contributed by atoms with Crippen molar-refractivity contribution in [3.05, 3.63) is 70.0 Å². The number of amides is 2. The molecule has 1 saturated heterocycles. The second-order valence-electron chi connectivity index (χ2n) is 6.87. The maximum Gasteiger partial charge on any atom is 0.254 e. The maximum atomic E-state index is 13.7. The van der Waals surface area contributed by atoms with Gasteiger partial charge in [-0.1, -0.05) is 23.8 Å². The first-order valence-electron chi connectivity index (χ1n) is 8.79. The molecule has 4 nitrogen and oxygen atoms in total. The van der Waals surface area contributed by atoms with E-state index in [1.54, 1.807) is 28.9 Å². The van der Waals surface area contributed by atoms with Crippen LogP contribution in [0.5, 0.6) is 0 Å². The van der Waals surface area contributed by atoms with Crippen LogP contribution in [-0.4, -0.2) is 47.8 Å². The van der Waals surface area contributed by atoms with E-state index in [1.165, 1.54) is 6.07 Å². The van der Waals surface area contributed by atoms with Crippen LogP contribution in [0.2, 0.25) is 0 Å². The molecule has 5 heteroatoms. The molecule has 0 radical (unpaired) electrons. The number of halogens is 1. The third-order valence-electron chi connectivity index (χ3n) is 4.89. The Morgan fingerprint density at radius 1 is 0.808 bits per heavy atom. The van der Waals surface area contributed by atoms with Crippen molar-refractivity contribution < 1.29 is 14.0 Å². The van der Waals surface area contributed by atoms with Crippen molar-refractivity contribution in [3.8, 4) is 0 Å². The number of rotatable bonds is 2. The smallest absolute Gasteiger partial charge is 0.254 e. The number of benzene rings is 2. The van der Waals surface area contributed by atoms with Gasteiger partial charge < -0.3 is 9.80 Å². The van der Waals surface area contributed by atoms with Crippen LogP contribution >= 0.6 is 0 Å². The molecule has 0 aliphatic carbocycles. The second kappa shape index (κ2) is 7.28. The average Bonchev–Trinajstić information content (AvgIpc) is 2.63. The van der Waals surface area contributed by atoms with Gasteiger partial charge in [-0.3, -0.25) is 9.59 Å². The molecular formula is C21H23FN2O2. The summed E-state index contributed by atoms with van der Waals surface area (Å²) in [4.78, 5) is 28.7. The molecule has 1 heterocycles. The number of piperazine rings is 1. The zero-order chi connectivity index (χ0) is 18.8. The van der Waals surface area contributed by atoms with Crippen molar-refractivity contribution in [2.24, 2.45) is 0 Å². The first kappa shape index (κ1) is 18.1. The fourth-order valence-electron chi connectivity index (χ4n) is 3.24. The van der Waals surface area contributed by atoms with Crippen LogP contribution in [0.3, 0.4) is 0 Å². The number of carbonyl (C=O) groups is 2. The molecule has 136 valence electrons. The highest BCUT2D eigenvalue weighted by Crippen LogP contribution is 2.17. The molecule has 0 aromatic heterocycles. The molecule has 1 aliphatic heterocycles. The summed E-state index contributed by atoms with van der Waals surface area (Å²) in [5.74, 6) is -0.571. The summed E-state index contributed by atoms with van der Waals surface area (Å²) < 4.78 is 13.7. The summed E-state index contributed by atoms with van der Waals surface area (Å²) in [7, 11) is 0. The van der Waals surface area contributed by atoms with E-state index in [9.17, 15) is 14.0 Å². The van der Waals surface area contributed by atoms with Gasteiger partial charge in [-0.15, -0.1) is 0 Å². The molecule has 0 bridgehead atoms. The van der Waals surface area contributed by atoms with E-state index in [4.69, 9.17) is 0 Å². The third-order valence-corrected chi connectivity index (χ3v) is 4.89. The van der Waals surface area contributed by atoms with E-state index in [0.717, 1.165) is 11.1 Å². The Morgan fingerprint density at radius 2 is 1.42 bits per heavy atom. The Morgan fingerprint density at radius 3 is 2.00 bits per heavy atom. The van der Waals surface area contributed by atoms with Gasteiger partial charge in [0.05, 0.1) is 0 Å². The third kappa shape index (κ3) is 3.62. The first-order chi connectivity index (χ1) is 12.4. The zero-order valence-electron chi connectivity index (χ0n) is 15.4. The predicted octanol–water partition coefficient (Wildman–Crippen LogP) is 3.35. The van der Waals surface area contributed by atoms with Crippen molar-refractivity contribution in [2.75, 3.05) is 26.2 Å². The Balaban J connectivity index is 1.66. The lowest BCUT2D eigenvalue weighted by molar-refractivity contribution is 0.0535. The summed E-state index contributed by atoms with van der Waals surface area (Å²) in [6.07, 6.45) is 0. The van der Waals surface area contributed by atoms with Crippen molar-refractivity contribution >= 4 is 11.8 Å². The molecule has 1 aliphatic rings. The minimum Gasteiger partial charge on any atom is -0.335 e. The molecule has 0 N–H and O–H groups in total. The maximum absolute atomic E-state index is 13.7. The van der Waals surface area contributed by atoms with Gasteiger partial charge in [0, 0.05) is 37.3 Å². The average molecular weight is 354 g/mol. The lowest BCUT2D eigenvalue weighted by atomic mass is 10.0. The molecule has 1 fully saturated rings. The van der Waals surface area contributed by atoms with Gasteiger partial charge in [0.2, 0.25) is 0 Å². The highest BCUT2D eigenvalue weighted by Gasteiger charge is 2.26. The number of hydrogen-bond acceptors (Lipinski definition) is 2. The highest BCUT2D eigenvalue weighted by molar-refractivity contribution is 5.97. The largest absolute Gasteiger partial charge is 0.335 e. The van der Waals surface area contributed by atoms with Crippen LogP contribution in [0.1, 0.15) is 37.4 Å². The molecule has 3 rings (SSSR count). The fraction of sp³-hybridized carbons (Fsp3) is 0.333. The molecule has 2 amide bonds. The van der Waals surface area contributed by atoms with Crippen molar-refractivity contribution in [1.29, 1.82) is 0 Å². The van der Waals surface area contributed by atoms with Gasteiger partial charge in [0.25, 0.3) is 11.8 Å². The van der Waals surface area contributed by atoms with Crippen molar-refractivity contribution in [2.45, 2.75) is 20.8 Å². The molecule has 2 aromatic carbocycles. The lowest BCUT2D eigenvalue weighted by Gasteiger charge is -2.35. The van der Waals surface area contributed by atoms with Gasteiger partial charge in [-0.25, -0.2) is 4.39 Å². The van der Waals surface area contributed by atoms with Crippen LogP contribution in [0.25, 0.3) is 0 Å². The quantitative estimate of drug-likeness (QED) is 0.830. The Labute approximate surface area is 153 Å². The highest BCUT2D eigenvalue weighted by atomic mass is 19.1. The van der Waals surface area contributed by atoms with Gasteiger partial charge in [0.15, 0.2) is 0 Å². The van der Waals surface area contributed by atoms with Crippen molar-refractivity contribution in [1.82, 2.24) is 9.80 Å². The Kier molecular flexibility index (Phi) is 5.07. The summed E-state index contributed by atoms with van der Waals surface area (Å²) in [5, 5.41) is 0. The number of carbonyl (C=O) groups excluding carboxylic acids is 2. The monoisotopic (exact) mass is 354 g/mol. The van der Waals surface area contributed by atoms with Crippen LogP contribution in [-0.2, 0) is 0 Å². The van der Waals surface area contributed by atoms with Gasteiger partial charge in [0.1, 0.15) is 5.82 Å². The molecule has 26 heavy (non-hydrogen) atoms. The molecule has 0 unspecified atom stereocenters.